The van der Waals surface area contributed by atoms with E-state index in [0.29, 0.717) is 17.1 Å². The highest BCUT2D eigenvalue weighted by atomic mass is 79.9. The van der Waals surface area contributed by atoms with E-state index < -0.39 is 5.82 Å². The molecule has 7 heteroatoms. The van der Waals surface area contributed by atoms with E-state index in [1.54, 1.807) is 18.2 Å². The van der Waals surface area contributed by atoms with Gasteiger partial charge in [-0.15, -0.1) is 5.10 Å². The summed E-state index contributed by atoms with van der Waals surface area (Å²) in [5.41, 5.74) is 8.43. The summed E-state index contributed by atoms with van der Waals surface area (Å²) in [6.07, 6.45) is 0. The lowest BCUT2D eigenvalue weighted by atomic mass is 10.1. The van der Waals surface area contributed by atoms with E-state index in [0.717, 1.165) is 10.0 Å². The molecule has 0 atom stereocenters. The summed E-state index contributed by atoms with van der Waals surface area (Å²) in [6, 6.07) is 10.1. The Hall–Kier alpha value is -2.28. The summed E-state index contributed by atoms with van der Waals surface area (Å²) >= 11 is 3.32. The van der Waals surface area contributed by atoms with Crippen LogP contribution in [-0.4, -0.2) is 20.2 Å². The highest BCUT2D eigenvalue weighted by molar-refractivity contribution is 9.10. The molecular weight excluding hydrogens is 337 g/mol. The van der Waals surface area contributed by atoms with Crippen molar-refractivity contribution in [3.63, 3.8) is 0 Å². The van der Waals surface area contributed by atoms with Crippen molar-refractivity contribution in [2.45, 2.75) is 6.92 Å². The summed E-state index contributed by atoms with van der Waals surface area (Å²) in [7, 11) is 0. The van der Waals surface area contributed by atoms with Gasteiger partial charge in [-0.3, -0.25) is 0 Å². The van der Waals surface area contributed by atoms with Crippen molar-refractivity contribution in [1.29, 1.82) is 0 Å². The van der Waals surface area contributed by atoms with Crippen LogP contribution in [0, 0.1) is 12.7 Å². The van der Waals surface area contributed by atoms with Crippen molar-refractivity contribution < 1.29 is 4.39 Å². The van der Waals surface area contributed by atoms with Crippen LogP contribution >= 0.6 is 15.9 Å². The first kappa shape index (κ1) is 13.7. The molecule has 0 unspecified atom stereocenters. The number of anilines is 1. The summed E-state index contributed by atoms with van der Waals surface area (Å²) in [5, 5.41) is 11.5. The molecule has 106 valence electrons. The van der Waals surface area contributed by atoms with Crippen molar-refractivity contribution in [1.82, 2.24) is 20.2 Å². The van der Waals surface area contributed by atoms with E-state index in [9.17, 15) is 4.39 Å². The van der Waals surface area contributed by atoms with E-state index in [2.05, 4.69) is 31.5 Å². The van der Waals surface area contributed by atoms with Gasteiger partial charge in [-0.2, -0.15) is 4.68 Å². The Labute approximate surface area is 128 Å². The third kappa shape index (κ3) is 2.40. The molecule has 21 heavy (non-hydrogen) atoms. The Morgan fingerprint density at radius 2 is 2.05 bits per heavy atom. The van der Waals surface area contributed by atoms with Gasteiger partial charge in [-0.05, 0) is 47.2 Å². The lowest BCUT2D eigenvalue weighted by molar-refractivity contribution is 0.607. The van der Waals surface area contributed by atoms with E-state index in [1.807, 2.05) is 19.1 Å². The fraction of sp³-hybridized carbons (Fsp3) is 0.0714. The second-order valence-electron chi connectivity index (χ2n) is 4.55. The molecule has 3 aromatic rings. The molecule has 0 amide bonds. The van der Waals surface area contributed by atoms with Crippen LogP contribution in [0.25, 0.3) is 17.1 Å². The number of hydrogen-bond donors (Lipinski definition) is 1. The zero-order valence-corrected chi connectivity index (χ0v) is 12.7. The minimum Gasteiger partial charge on any atom is -0.398 e. The Kier molecular flexibility index (Phi) is 3.42. The summed E-state index contributed by atoms with van der Waals surface area (Å²) in [4.78, 5) is 0. The van der Waals surface area contributed by atoms with Crippen LogP contribution in [-0.2, 0) is 0 Å². The SMILES string of the molecule is Cc1cccc(N)c1-c1nnnn1-c1cc(Br)ccc1F. The van der Waals surface area contributed by atoms with Crippen LogP contribution in [0.5, 0.6) is 0 Å². The van der Waals surface area contributed by atoms with Crippen LogP contribution < -0.4 is 5.73 Å². The fourth-order valence-corrected chi connectivity index (χ4v) is 2.50. The van der Waals surface area contributed by atoms with Crippen LogP contribution in [0.2, 0.25) is 0 Å². The maximum absolute atomic E-state index is 14.1. The molecule has 1 heterocycles. The standard InChI is InChI=1S/C14H11BrFN5/c1-8-3-2-4-11(17)13(8)14-18-19-20-21(14)12-7-9(15)5-6-10(12)16/h2-7H,17H2,1H3. The first-order valence-electron chi connectivity index (χ1n) is 6.17. The smallest absolute Gasteiger partial charge is 0.189 e. The Morgan fingerprint density at radius 3 is 2.81 bits per heavy atom. The number of tetrazole rings is 1. The molecule has 2 aromatic carbocycles. The number of nitrogens with two attached hydrogens (primary N) is 1. The zero-order valence-electron chi connectivity index (χ0n) is 11.1. The molecule has 2 N–H and O–H groups in total. The molecule has 0 fully saturated rings. The molecule has 0 spiro atoms. The Bertz CT molecular complexity index is 795. The van der Waals surface area contributed by atoms with Crippen molar-refractivity contribution in [3.05, 3.63) is 52.3 Å². The lowest BCUT2D eigenvalue weighted by Crippen LogP contribution is -2.05. The average molecular weight is 348 g/mol. The van der Waals surface area contributed by atoms with Crippen LogP contribution in [0.1, 0.15) is 5.56 Å². The predicted octanol–water partition coefficient (Wildman–Crippen LogP) is 3.12. The number of hydrogen-bond acceptors (Lipinski definition) is 4. The molecule has 0 saturated carbocycles. The Morgan fingerprint density at radius 1 is 1.24 bits per heavy atom. The summed E-state index contributed by atoms with van der Waals surface area (Å²) in [6.45, 7) is 1.90. The molecule has 3 rings (SSSR count). The molecule has 0 radical (unpaired) electrons. The number of aromatic nitrogens is 4. The number of rotatable bonds is 2. The van der Waals surface area contributed by atoms with Gasteiger partial charge in [-0.25, -0.2) is 4.39 Å². The quantitative estimate of drug-likeness (QED) is 0.723. The third-order valence-corrected chi connectivity index (χ3v) is 3.63. The number of aryl methyl sites for hydroxylation is 1. The monoisotopic (exact) mass is 347 g/mol. The molecule has 1 aromatic heterocycles. The molecular formula is C14H11BrFN5. The van der Waals surface area contributed by atoms with E-state index in [1.165, 1.54) is 10.7 Å². The summed E-state index contributed by atoms with van der Waals surface area (Å²) < 4.78 is 16.1. The number of halogens is 2. The van der Waals surface area contributed by atoms with Gasteiger partial charge >= 0.3 is 0 Å². The van der Waals surface area contributed by atoms with Gasteiger partial charge in [0, 0.05) is 15.7 Å². The fourth-order valence-electron chi connectivity index (χ4n) is 2.15. The minimum atomic E-state index is -0.418. The topological polar surface area (TPSA) is 69.6 Å². The maximum atomic E-state index is 14.1. The number of nitrogens with zero attached hydrogens (tertiary/aromatic N) is 4. The molecule has 5 nitrogen and oxygen atoms in total. The summed E-state index contributed by atoms with van der Waals surface area (Å²) in [5.74, 6) is -0.0125. The number of benzene rings is 2. The van der Waals surface area contributed by atoms with Gasteiger partial charge in [0.05, 0.1) is 0 Å². The second-order valence-corrected chi connectivity index (χ2v) is 5.46. The van der Waals surface area contributed by atoms with Gasteiger partial charge in [-0.1, -0.05) is 28.1 Å². The molecule has 0 saturated heterocycles. The molecule has 0 aliphatic heterocycles. The van der Waals surface area contributed by atoms with Crippen molar-refractivity contribution in [2.75, 3.05) is 5.73 Å². The largest absolute Gasteiger partial charge is 0.398 e. The Balaban J connectivity index is 2.25. The lowest BCUT2D eigenvalue weighted by Gasteiger charge is -2.10. The zero-order chi connectivity index (χ0) is 15.0. The van der Waals surface area contributed by atoms with Crippen molar-refractivity contribution in [2.24, 2.45) is 0 Å². The van der Waals surface area contributed by atoms with Crippen molar-refractivity contribution >= 4 is 21.6 Å². The van der Waals surface area contributed by atoms with Gasteiger partial charge in [0.2, 0.25) is 0 Å². The van der Waals surface area contributed by atoms with Gasteiger partial charge in [0.15, 0.2) is 5.82 Å². The third-order valence-electron chi connectivity index (χ3n) is 3.13. The maximum Gasteiger partial charge on any atom is 0.189 e. The predicted molar refractivity (Wildman–Crippen MR) is 81.4 cm³/mol. The molecule has 0 bridgehead atoms. The highest BCUT2D eigenvalue weighted by Gasteiger charge is 2.18. The first-order chi connectivity index (χ1) is 10.1. The highest BCUT2D eigenvalue weighted by Crippen LogP contribution is 2.29. The first-order valence-corrected chi connectivity index (χ1v) is 6.96. The van der Waals surface area contributed by atoms with Crippen molar-refractivity contribution in [3.8, 4) is 17.1 Å². The second kappa shape index (κ2) is 5.25. The van der Waals surface area contributed by atoms with Crippen LogP contribution in [0.15, 0.2) is 40.9 Å². The molecule has 0 aliphatic carbocycles. The average Bonchev–Trinajstić information content (AvgIpc) is 2.90. The van der Waals surface area contributed by atoms with Gasteiger partial charge in [0.25, 0.3) is 0 Å². The van der Waals surface area contributed by atoms with Gasteiger partial charge in [0.1, 0.15) is 11.5 Å². The van der Waals surface area contributed by atoms with Crippen LogP contribution in [0.3, 0.4) is 0 Å². The molecule has 0 aliphatic rings. The van der Waals surface area contributed by atoms with E-state index >= 15 is 0 Å². The van der Waals surface area contributed by atoms with E-state index in [4.69, 9.17) is 5.73 Å². The normalized spacial score (nSPS) is 10.8. The van der Waals surface area contributed by atoms with E-state index in [-0.39, 0.29) is 5.69 Å². The number of nitrogen functional groups attached to an aromatic ring is 1. The minimum absolute atomic E-state index is 0.257. The van der Waals surface area contributed by atoms with Gasteiger partial charge < -0.3 is 5.73 Å². The van der Waals surface area contributed by atoms with Crippen LogP contribution in [0.4, 0.5) is 10.1 Å².